The summed E-state index contributed by atoms with van der Waals surface area (Å²) in [7, 11) is 5.10. The Bertz CT molecular complexity index is 418. The van der Waals surface area contributed by atoms with Crippen LogP contribution in [0.2, 0.25) is 0 Å². The minimum absolute atomic E-state index is 0.106. The van der Waals surface area contributed by atoms with Crippen LogP contribution in [0.4, 0.5) is 0 Å². The second-order valence-corrected chi connectivity index (χ2v) is 5.50. The summed E-state index contributed by atoms with van der Waals surface area (Å²) in [5.74, 6) is 1.71. The first-order chi connectivity index (χ1) is 9.43. The van der Waals surface area contributed by atoms with Gasteiger partial charge in [0.2, 0.25) is 0 Å². The molecule has 0 aromatic heterocycles. The third-order valence-electron chi connectivity index (χ3n) is 3.63. The van der Waals surface area contributed by atoms with Crippen LogP contribution in [0.3, 0.4) is 0 Å². The zero-order valence-corrected chi connectivity index (χ0v) is 13.4. The van der Waals surface area contributed by atoms with E-state index in [4.69, 9.17) is 14.2 Å². The lowest BCUT2D eigenvalue weighted by molar-refractivity contribution is 0.0154. The van der Waals surface area contributed by atoms with Gasteiger partial charge in [-0.05, 0) is 51.9 Å². The SMILES string of the molecule is COc1ccc(OC)c(C(C)NCCC(C)(C)OC)c1. The topological polar surface area (TPSA) is 39.7 Å². The van der Waals surface area contributed by atoms with Gasteiger partial charge in [-0.15, -0.1) is 0 Å². The smallest absolute Gasteiger partial charge is 0.123 e. The fraction of sp³-hybridized carbons (Fsp3) is 0.625. The minimum atomic E-state index is -0.106. The van der Waals surface area contributed by atoms with E-state index >= 15 is 0 Å². The molecular weight excluding hydrogens is 254 g/mol. The highest BCUT2D eigenvalue weighted by molar-refractivity contribution is 5.42. The number of methoxy groups -OCH3 is 3. The van der Waals surface area contributed by atoms with Crippen molar-refractivity contribution in [2.75, 3.05) is 27.9 Å². The molecule has 0 aliphatic heterocycles. The third kappa shape index (κ3) is 4.69. The van der Waals surface area contributed by atoms with Gasteiger partial charge in [-0.1, -0.05) is 0 Å². The predicted molar refractivity (Wildman–Crippen MR) is 81.7 cm³/mol. The van der Waals surface area contributed by atoms with E-state index in [1.807, 2.05) is 18.2 Å². The highest BCUT2D eigenvalue weighted by Crippen LogP contribution is 2.29. The summed E-state index contributed by atoms with van der Waals surface area (Å²) in [6.07, 6.45) is 0.945. The quantitative estimate of drug-likeness (QED) is 0.794. The Balaban J connectivity index is 2.69. The lowest BCUT2D eigenvalue weighted by Crippen LogP contribution is -2.30. The summed E-state index contributed by atoms with van der Waals surface area (Å²) < 4.78 is 16.1. The molecule has 4 nitrogen and oxygen atoms in total. The number of rotatable bonds is 8. The van der Waals surface area contributed by atoms with Crippen molar-refractivity contribution in [1.82, 2.24) is 5.32 Å². The fourth-order valence-corrected chi connectivity index (χ4v) is 1.98. The Morgan fingerprint density at radius 2 is 1.85 bits per heavy atom. The number of hydrogen-bond donors (Lipinski definition) is 1. The lowest BCUT2D eigenvalue weighted by Gasteiger charge is -2.24. The summed E-state index contributed by atoms with van der Waals surface area (Å²) in [5, 5.41) is 3.50. The van der Waals surface area contributed by atoms with Gasteiger partial charge in [0.15, 0.2) is 0 Å². The molecule has 1 N–H and O–H groups in total. The van der Waals surface area contributed by atoms with E-state index < -0.39 is 0 Å². The number of hydrogen-bond acceptors (Lipinski definition) is 4. The molecule has 1 aromatic carbocycles. The Hall–Kier alpha value is -1.26. The van der Waals surface area contributed by atoms with E-state index in [1.54, 1.807) is 21.3 Å². The van der Waals surface area contributed by atoms with Gasteiger partial charge in [0.25, 0.3) is 0 Å². The first-order valence-electron chi connectivity index (χ1n) is 6.94. The van der Waals surface area contributed by atoms with E-state index in [2.05, 4.69) is 26.1 Å². The average molecular weight is 281 g/mol. The molecule has 0 fully saturated rings. The number of ether oxygens (including phenoxy) is 3. The predicted octanol–water partition coefficient (Wildman–Crippen LogP) is 3.17. The molecular formula is C16H27NO3. The van der Waals surface area contributed by atoms with Gasteiger partial charge in [0.1, 0.15) is 11.5 Å². The molecule has 1 unspecified atom stereocenters. The van der Waals surface area contributed by atoms with Gasteiger partial charge in [-0.2, -0.15) is 0 Å². The molecule has 0 saturated heterocycles. The second-order valence-electron chi connectivity index (χ2n) is 5.50. The maximum atomic E-state index is 5.42. The Morgan fingerprint density at radius 1 is 1.15 bits per heavy atom. The average Bonchev–Trinajstić information content (AvgIpc) is 2.46. The maximum Gasteiger partial charge on any atom is 0.123 e. The van der Waals surface area contributed by atoms with E-state index in [0.29, 0.717) is 0 Å². The monoisotopic (exact) mass is 281 g/mol. The van der Waals surface area contributed by atoms with Crippen molar-refractivity contribution in [3.8, 4) is 11.5 Å². The molecule has 0 aliphatic rings. The van der Waals surface area contributed by atoms with Gasteiger partial charge in [0, 0.05) is 18.7 Å². The molecule has 4 heteroatoms. The fourth-order valence-electron chi connectivity index (χ4n) is 1.98. The summed E-state index contributed by atoms with van der Waals surface area (Å²) >= 11 is 0. The van der Waals surface area contributed by atoms with Crippen molar-refractivity contribution in [2.45, 2.75) is 38.8 Å². The van der Waals surface area contributed by atoms with Crippen LogP contribution < -0.4 is 14.8 Å². The summed E-state index contributed by atoms with van der Waals surface area (Å²) in [6, 6.07) is 6.04. The van der Waals surface area contributed by atoms with Gasteiger partial charge in [-0.3, -0.25) is 0 Å². The molecule has 114 valence electrons. The summed E-state index contributed by atoms with van der Waals surface area (Å²) in [4.78, 5) is 0. The van der Waals surface area contributed by atoms with Crippen LogP contribution in [0, 0.1) is 0 Å². The van der Waals surface area contributed by atoms with Crippen molar-refractivity contribution < 1.29 is 14.2 Å². The van der Waals surface area contributed by atoms with Crippen molar-refractivity contribution >= 4 is 0 Å². The molecule has 0 spiro atoms. The van der Waals surface area contributed by atoms with Crippen LogP contribution in [0.1, 0.15) is 38.8 Å². The van der Waals surface area contributed by atoms with Crippen molar-refractivity contribution in [3.05, 3.63) is 23.8 Å². The Kier molecular flexibility index (Phi) is 6.30. The lowest BCUT2D eigenvalue weighted by atomic mass is 10.0. The molecule has 0 saturated carbocycles. The first kappa shape index (κ1) is 16.8. The number of benzene rings is 1. The minimum Gasteiger partial charge on any atom is -0.497 e. The zero-order valence-electron chi connectivity index (χ0n) is 13.4. The second kappa shape index (κ2) is 7.50. The van der Waals surface area contributed by atoms with Gasteiger partial charge in [-0.25, -0.2) is 0 Å². The van der Waals surface area contributed by atoms with Crippen LogP contribution >= 0.6 is 0 Å². The standard InChI is InChI=1S/C16H27NO3/c1-12(17-10-9-16(2,3)20-6)14-11-13(18-4)7-8-15(14)19-5/h7-8,11-12,17H,9-10H2,1-6H3. The molecule has 1 rings (SSSR count). The number of nitrogens with one attached hydrogen (secondary N) is 1. The van der Waals surface area contributed by atoms with Crippen LogP contribution in [-0.2, 0) is 4.74 Å². The largest absolute Gasteiger partial charge is 0.497 e. The van der Waals surface area contributed by atoms with Gasteiger partial charge in [0.05, 0.1) is 19.8 Å². The molecule has 0 radical (unpaired) electrons. The highest BCUT2D eigenvalue weighted by Gasteiger charge is 2.17. The van der Waals surface area contributed by atoms with Gasteiger partial charge < -0.3 is 19.5 Å². The van der Waals surface area contributed by atoms with E-state index in [-0.39, 0.29) is 11.6 Å². The molecule has 1 atom stereocenters. The Morgan fingerprint density at radius 3 is 2.40 bits per heavy atom. The van der Waals surface area contributed by atoms with Gasteiger partial charge >= 0.3 is 0 Å². The summed E-state index contributed by atoms with van der Waals surface area (Å²) in [5.41, 5.74) is 0.993. The normalized spacial score (nSPS) is 13.1. The van der Waals surface area contributed by atoms with E-state index in [1.165, 1.54) is 0 Å². The van der Waals surface area contributed by atoms with Crippen molar-refractivity contribution in [1.29, 1.82) is 0 Å². The zero-order chi connectivity index (χ0) is 15.2. The van der Waals surface area contributed by atoms with E-state index in [0.717, 1.165) is 30.0 Å². The molecule has 1 aromatic rings. The van der Waals surface area contributed by atoms with Crippen molar-refractivity contribution in [3.63, 3.8) is 0 Å². The summed E-state index contributed by atoms with van der Waals surface area (Å²) in [6.45, 7) is 7.18. The molecule has 0 bridgehead atoms. The van der Waals surface area contributed by atoms with Crippen molar-refractivity contribution in [2.24, 2.45) is 0 Å². The highest BCUT2D eigenvalue weighted by atomic mass is 16.5. The molecule has 0 amide bonds. The van der Waals surface area contributed by atoms with Crippen LogP contribution in [-0.4, -0.2) is 33.5 Å². The molecule has 20 heavy (non-hydrogen) atoms. The Labute approximate surface area is 122 Å². The maximum absolute atomic E-state index is 5.42. The van der Waals surface area contributed by atoms with Crippen LogP contribution in [0.25, 0.3) is 0 Å². The van der Waals surface area contributed by atoms with Crippen LogP contribution in [0.15, 0.2) is 18.2 Å². The molecule has 0 aliphatic carbocycles. The first-order valence-corrected chi connectivity index (χ1v) is 6.94. The molecule has 0 heterocycles. The van der Waals surface area contributed by atoms with Crippen LogP contribution in [0.5, 0.6) is 11.5 Å². The third-order valence-corrected chi connectivity index (χ3v) is 3.63. The van der Waals surface area contributed by atoms with E-state index in [9.17, 15) is 0 Å².